The van der Waals surface area contributed by atoms with Crippen LogP contribution in [0.2, 0.25) is 0 Å². The van der Waals surface area contributed by atoms with Crippen molar-refractivity contribution in [2.24, 2.45) is 15.5 Å². The van der Waals surface area contributed by atoms with Crippen molar-refractivity contribution in [1.29, 1.82) is 0 Å². The molecular formula is C23H29N3O4S2. The third-order valence-corrected chi connectivity index (χ3v) is 8.64. The highest BCUT2D eigenvalue weighted by molar-refractivity contribution is 8.23. The molecule has 0 radical (unpaired) electrons. The average Bonchev–Trinajstić information content (AvgIpc) is 3.14. The molecule has 7 nitrogen and oxygen atoms in total. The molecule has 0 amide bonds. The Hall–Kier alpha value is -2.17. The van der Waals surface area contributed by atoms with Gasteiger partial charge in [-0.25, -0.2) is 0 Å². The SMILES string of the molecule is CC(C)(C)CC[C@@]1(C)C(=O)C(C2=NS(O)(O)c3c(CN)csc3N2)=C(O)c2ccccc21. The summed E-state index contributed by atoms with van der Waals surface area (Å²) in [7, 11) is -3.58. The minimum atomic E-state index is -3.58. The van der Waals surface area contributed by atoms with E-state index in [1.165, 1.54) is 11.3 Å². The van der Waals surface area contributed by atoms with Gasteiger partial charge in [0, 0.05) is 17.7 Å². The lowest BCUT2D eigenvalue weighted by Crippen LogP contribution is -2.42. The highest BCUT2D eigenvalue weighted by atomic mass is 32.3. The molecule has 32 heavy (non-hydrogen) atoms. The number of Topliss-reactive ketones (excluding diaryl/α,β-unsaturated/α-hetero) is 1. The van der Waals surface area contributed by atoms with Gasteiger partial charge in [-0.15, -0.1) is 15.7 Å². The molecule has 1 aromatic carbocycles. The molecule has 1 aromatic heterocycles. The number of nitrogens with zero attached hydrogens (tertiary/aromatic N) is 1. The number of carbonyl (C=O) groups excluding carboxylic acids is 1. The smallest absolute Gasteiger partial charge is 0.180 e. The first-order valence-electron chi connectivity index (χ1n) is 10.4. The van der Waals surface area contributed by atoms with E-state index in [0.29, 0.717) is 22.5 Å². The number of nitrogens with two attached hydrogens (primary N) is 1. The number of amidine groups is 1. The van der Waals surface area contributed by atoms with Gasteiger partial charge in [-0.3, -0.25) is 13.9 Å². The molecule has 1 aliphatic heterocycles. The number of benzene rings is 1. The number of carbonyl (C=O) groups is 1. The Morgan fingerprint density at radius 1 is 1.25 bits per heavy atom. The first kappa shape index (κ1) is 23.0. The van der Waals surface area contributed by atoms with Crippen molar-refractivity contribution in [1.82, 2.24) is 0 Å². The summed E-state index contributed by atoms with van der Waals surface area (Å²) in [5.41, 5.74) is 6.75. The lowest BCUT2D eigenvalue weighted by Gasteiger charge is -2.39. The van der Waals surface area contributed by atoms with Crippen LogP contribution in [0.4, 0.5) is 5.00 Å². The Balaban J connectivity index is 1.86. The molecule has 6 N–H and O–H groups in total. The highest BCUT2D eigenvalue weighted by Gasteiger charge is 2.47. The van der Waals surface area contributed by atoms with Gasteiger partial charge in [0.2, 0.25) is 0 Å². The second-order valence-electron chi connectivity index (χ2n) is 9.70. The molecule has 0 saturated carbocycles. The summed E-state index contributed by atoms with van der Waals surface area (Å²) in [6.07, 6.45) is 1.37. The second kappa shape index (κ2) is 7.71. The Morgan fingerprint density at radius 2 is 1.94 bits per heavy atom. The van der Waals surface area contributed by atoms with Crippen LogP contribution in [0.1, 0.15) is 57.2 Å². The maximum Gasteiger partial charge on any atom is 0.180 e. The molecule has 172 valence electrons. The summed E-state index contributed by atoms with van der Waals surface area (Å²) in [6.45, 7) is 8.40. The van der Waals surface area contributed by atoms with Gasteiger partial charge < -0.3 is 16.2 Å². The van der Waals surface area contributed by atoms with E-state index in [0.717, 1.165) is 12.0 Å². The summed E-state index contributed by atoms with van der Waals surface area (Å²) in [5, 5.41) is 16.4. The van der Waals surface area contributed by atoms with Crippen LogP contribution < -0.4 is 11.1 Å². The van der Waals surface area contributed by atoms with E-state index in [4.69, 9.17) is 5.73 Å². The Kier molecular flexibility index (Phi) is 5.54. The van der Waals surface area contributed by atoms with Gasteiger partial charge in [-0.05, 0) is 36.1 Å². The zero-order valence-corrected chi connectivity index (χ0v) is 20.2. The van der Waals surface area contributed by atoms with Gasteiger partial charge in [0.15, 0.2) is 11.6 Å². The number of aliphatic hydroxyl groups is 1. The van der Waals surface area contributed by atoms with Crippen LogP contribution in [-0.2, 0) is 16.8 Å². The number of anilines is 1. The Morgan fingerprint density at radius 3 is 2.59 bits per heavy atom. The van der Waals surface area contributed by atoms with Crippen molar-refractivity contribution < 1.29 is 19.0 Å². The Labute approximate surface area is 193 Å². The van der Waals surface area contributed by atoms with Crippen LogP contribution in [0.15, 0.2) is 44.5 Å². The number of hydrogen-bond donors (Lipinski definition) is 5. The van der Waals surface area contributed by atoms with Crippen molar-refractivity contribution >= 4 is 44.5 Å². The number of aliphatic hydroxyl groups excluding tert-OH is 1. The van der Waals surface area contributed by atoms with E-state index >= 15 is 0 Å². The summed E-state index contributed by atoms with van der Waals surface area (Å²) in [5.74, 6) is -0.528. The zero-order chi connectivity index (χ0) is 23.5. The van der Waals surface area contributed by atoms with E-state index in [2.05, 4.69) is 30.5 Å². The van der Waals surface area contributed by atoms with Crippen molar-refractivity contribution in [3.63, 3.8) is 0 Å². The fourth-order valence-electron chi connectivity index (χ4n) is 4.23. The maximum atomic E-state index is 13.9. The molecule has 2 heterocycles. The lowest BCUT2D eigenvalue weighted by atomic mass is 9.65. The predicted molar refractivity (Wildman–Crippen MR) is 131 cm³/mol. The van der Waals surface area contributed by atoms with Crippen molar-refractivity contribution in [3.05, 3.63) is 51.9 Å². The molecule has 4 rings (SSSR count). The molecule has 0 unspecified atom stereocenters. The summed E-state index contributed by atoms with van der Waals surface area (Å²) in [6, 6.07) is 7.31. The fraction of sp³-hybridized carbons (Fsp3) is 0.391. The largest absolute Gasteiger partial charge is 0.506 e. The molecular weight excluding hydrogens is 446 g/mol. The van der Waals surface area contributed by atoms with E-state index in [-0.39, 0.29) is 39.8 Å². The summed E-state index contributed by atoms with van der Waals surface area (Å²) < 4.78 is 25.7. The minimum Gasteiger partial charge on any atom is -0.506 e. The van der Waals surface area contributed by atoms with Crippen molar-refractivity contribution in [2.75, 3.05) is 5.32 Å². The molecule has 0 fully saturated rings. The fourth-order valence-corrected chi connectivity index (χ4v) is 6.92. The van der Waals surface area contributed by atoms with E-state index in [9.17, 15) is 19.0 Å². The van der Waals surface area contributed by atoms with Crippen molar-refractivity contribution in [2.45, 2.75) is 57.4 Å². The third-order valence-electron chi connectivity index (χ3n) is 6.11. The molecule has 9 heteroatoms. The first-order chi connectivity index (χ1) is 14.9. The number of ketones is 1. The van der Waals surface area contributed by atoms with Gasteiger partial charge in [0.1, 0.15) is 21.2 Å². The molecule has 1 aliphatic carbocycles. The van der Waals surface area contributed by atoms with E-state index < -0.39 is 16.2 Å². The number of nitrogens with one attached hydrogen (secondary N) is 1. The summed E-state index contributed by atoms with van der Waals surface area (Å²) in [4.78, 5) is 14.2. The van der Waals surface area contributed by atoms with Crippen LogP contribution in [0.3, 0.4) is 0 Å². The van der Waals surface area contributed by atoms with E-state index in [1.54, 1.807) is 17.5 Å². The van der Waals surface area contributed by atoms with E-state index in [1.807, 2.05) is 19.1 Å². The maximum absolute atomic E-state index is 13.9. The molecule has 2 aliphatic rings. The van der Waals surface area contributed by atoms with Crippen LogP contribution >= 0.6 is 22.1 Å². The minimum absolute atomic E-state index is 0.0161. The molecule has 1 atom stereocenters. The normalized spacial score (nSPS) is 23.2. The van der Waals surface area contributed by atoms with Crippen LogP contribution in [0.25, 0.3) is 5.76 Å². The number of fused-ring (bicyclic) bond motifs is 2. The van der Waals surface area contributed by atoms with Crippen LogP contribution in [-0.4, -0.2) is 25.8 Å². The first-order valence-corrected chi connectivity index (χ1v) is 12.8. The summed E-state index contributed by atoms with van der Waals surface area (Å²) >= 11 is 1.26. The van der Waals surface area contributed by atoms with Gasteiger partial charge in [-0.2, -0.15) is 0 Å². The topological polar surface area (TPSA) is 128 Å². The lowest BCUT2D eigenvalue weighted by molar-refractivity contribution is -0.120. The Bertz CT molecular complexity index is 1160. The molecule has 2 aromatic rings. The van der Waals surface area contributed by atoms with Crippen LogP contribution in [0, 0.1) is 5.41 Å². The number of hydrogen-bond acceptors (Lipinski definition) is 8. The number of rotatable bonds is 4. The van der Waals surface area contributed by atoms with Gasteiger partial charge in [0.05, 0.1) is 5.41 Å². The number of thiophene rings is 1. The second-order valence-corrected chi connectivity index (χ2v) is 12.2. The molecule has 0 spiro atoms. The van der Waals surface area contributed by atoms with Gasteiger partial charge in [0.25, 0.3) is 0 Å². The standard InChI is InChI=1S/C23H29N3O4S2/c1-22(2,3)9-10-23(4)15-8-6-5-7-14(15)17(27)16(19(23)28)20-25-21-18(32(29,30)26-20)13(11-24)12-31-21/h5-8,12,27,29-30H,9-11,24H2,1-4H3,(H,25,26)/t23-/m1/s1. The van der Waals surface area contributed by atoms with Gasteiger partial charge >= 0.3 is 0 Å². The highest BCUT2D eigenvalue weighted by Crippen LogP contribution is 2.59. The van der Waals surface area contributed by atoms with Crippen molar-refractivity contribution in [3.8, 4) is 0 Å². The molecule has 0 saturated heterocycles. The third kappa shape index (κ3) is 3.68. The average molecular weight is 476 g/mol. The van der Waals surface area contributed by atoms with Gasteiger partial charge in [-0.1, -0.05) is 55.8 Å². The predicted octanol–water partition coefficient (Wildman–Crippen LogP) is 5.69. The van der Waals surface area contributed by atoms with Crippen LogP contribution in [0.5, 0.6) is 0 Å². The molecule has 0 bridgehead atoms. The quantitative estimate of drug-likeness (QED) is 0.386. The zero-order valence-electron chi connectivity index (χ0n) is 18.6. The monoisotopic (exact) mass is 475 g/mol.